The maximum atomic E-state index is 11.4. The van der Waals surface area contributed by atoms with Crippen molar-refractivity contribution in [1.82, 2.24) is 4.72 Å². The lowest BCUT2D eigenvalue weighted by molar-refractivity contribution is 0.368. The third-order valence-electron chi connectivity index (χ3n) is 2.89. The van der Waals surface area contributed by atoms with E-state index in [1.165, 1.54) is 0 Å². The molecule has 0 aliphatic rings. The van der Waals surface area contributed by atoms with Crippen molar-refractivity contribution >= 4 is 10.0 Å². The van der Waals surface area contributed by atoms with Crippen molar-refractivity contribution in [2.45, 2.75) is 13.3 Å². The van der Waals surface area contributed by atoms with Crippen LogP contribution < -0.4 is 18.9 Å². The molecule has 0 heterocycles. The van der Waals surface area contributed by atoms with Crippen molar-refractivity contribution in [2.24, 2.45) is 0 Å². The molecule has 1 aromatic carbocycles. The lowest BCUT2D eigenvalue weighted by Gasteiger charge is -2.15. The number of nitrogens with one attached hydrogen (secondary N) is 1. The summed E-state index contributed by atoms with van der Waals surface area (Å²) in [4.78, 5) is 0. The third kappa shape index (κ3) is 4.28. The molecule has 1 N–H and O–H groups in total. The van der Waals surface area contributed by atoms with Gasteiger partial charge in [0.15, 0.2) is 0 Å². The van der Waals surface area contributed by atoms with E-state index in [2.05, 4.69) is 4.72 Å². The molecule has 0 radical (unpaired) electrons. The van der Waals surface area contributed by atoms with Crippen LogP contribution in [-0.4, -0.2) is 42.0 Å². The number of sulfonamides is 1. The summed E-state index contributed by atoms with van der Waals surface area (Å²) in [6.07, 6.45) is 0.468. The largest absolute Gasteiger partial charge is 0.496 e. The fourth-order valence-electron chi connectivity index (χ4n) is 1.76. The topological polar surface area (TPSA) is 73.9 Å². The Morgan fingerprint density at radius 2 is 1.60 bits per heavy atom. The van der Waals surface area contributed by atoms with Crippen molar-refractivity contribution in [1.29, 1.82) is 0 Å². The van der Waals surface area contributed by atoms with Gasteiger partial charge in [0.2, 0.25) is 10.0 Å². The molecule has 0 unspecified atom stereocenters. The highest BCUT2D eigenvalue weighted by molar-refractivity contribution is 7.89. The Labute approximate surface area is 120 Å². The summed E-state index contributed by atoms with van der Waals surface area (Å²) in [6, 6.07) is 3.48. The Morgan fingerprint density at radius 3 is 2.00 bits per heavy atom. The van der Waals surface area contributed by atoms with Gasteiger partial charge >= 0.3 is 0 Å². The molecule has 0 saturated carbocycles. The number of hydrogen-bond acceptors (Lipinski definition) is 5. The minimum Gasteiger partial charge on any atom is -0.496 e. The van der Waals surface area contributed by atoms with E-state index in [9.17, 15) is 8.42 Å². The number of hydrogen-bond donors (Lipinski definition) is 1. The number of rotatable bonds is 8. The molecule has 7 heteroatoms. The van der Waals surface area contributed by atoms with E-state index in [-0.39, 0.29) is 12.3 Å². The Hall–Kier alpha value is -1.47. The van der Waals surface area contributed by atoms with Gasteiger partial charge in [-0.15, -0.1) is 0 Å². The second-order valence-corrected chi connectivity index (χ2v) is 6.15. The summed E-state index contributed by atoms with van der Waals surface area (Å²) in [5.74, 6) is 1.90. The average molecular weight is 303 g/mol. The van der Waals surface area contributed by atoms with Crippen molar-refractivity contribution in [3.05, 3.63) is 17.7 Å². The van der Waals surface area contributed by atoms with E-state index < -0.39 is 10.0 Å². The zero-order chi connectivity index (χ0) is 15.2. The van der Waals surface area contributed by atoms with Crippen LogP contribution in [-0.2, 0) is 16.4 Å². The van der Waals surface area contributed by atoms with Crippen molar-refractivity contribution in [2.75, 3.05) is 33.6 Å². The van der Waals surface area contributed by atoms with Crippen LogP contribution in [0.1, 0.15) is 12.5 Å². The van der Waals surface area contributed by atoms with Gasteiger partial charge in [0.05, 0.1) is 27.1 Å². The van der Waals surface area contributed by atoms with Crippen molar-refractivity contribution in [3.8, 4) is 17.2 Å². The van der Waals surface area contributed by atoms with Gasteiger partial charge in [0.1, 0.15) is 17.2 Å². The molecule has 0 saturated heterocycles. The Morgan fingerprint density at radius 1 is 1.05 bits per heavy atom. The molecule has 0 aliphatic carbocycles. The maximum absolute atomic E-state index is 11.4. The second-order valence-electron chi connectivity index (χ2n) is 4.06. The van der Waals surface area contributed by atoms with Crippen LogP contribution in [0, 0.1) is 0 Å². The first-order chi connectivity index (χ1) is 9.47. The van der Waals surface area contributed by atoms with Crippen LogP contribution >= 0.6 is 0 Å². The molecule has 1 aromatic rings. The summed E-state index contributed by atoms with van der Waals surface area (Å²) in [5.41, 5.74) is 0.801. The van der Waals surface area contributed by atoms with E-state index in [0.29, 0.717) is 23.7 Å². The number of ether oxygens (including phenoxy) is 3. The Balaban J connectivity index is 2.93. The van der Waals surface area contributed by atoms with Gasteiger partial charge in [-0.2, -0.15) is 0 Å². The summed E-state index contributed by atoms with van der Waals surface area (Å²) in [5, 5.41) is 0. The van der Waals surface area contributed by atoms with E-state index in [0.717, 1.165) is 5.56 Å². The molecule has 1 rings (SSSR count). The van der Waals surface area contributed by atoms with Gasteiger partial charge in [0, 0.05) is 24.2 Å². The van der Waals surface area contributed by atoms with Gasteiger partial charge in [-0.05, 0) is 13.3 Å². The zero-order valence-corrected chi connectivity index (χ0v) is 13.0. The Kier molecular flexibility index (Phi) is 6.09. The molecule has 0 aromatic heterocycles. The van der Waals surface area contributed by atoms with Gasteiger partial charge < -0.3 is 14.2 Å². The molecule has 20 heavy (non-hydrogen) atoms. The van der Waals surface area contributed by atoms with E-state index in [4.69, 9.17) is 14.2 Å². The predicted octanol–water partition coefficient (Wildman–Crippen LogP) is 1.19. The molecule has 0 aliphatic heterocycles. The maximum Gasteiger partial charge on any atom is 0.211 e. The molecule has 0 fully saturated rings. The second kappa shape index (κ2) is 7.35. The molecular weight excluding hydrogens is 282 g/mol. The summed E-state index contributed by atoms with van der Waals surface area (Å²) in [6.45, 7) is 1.88. The van der Waals surface area contributed by atoms with E-state index in [1.54, 1.807) is 40.4 Å². The molecule has 0 atom stereocenters. The van der Waals surface area contributed by atoms with Crippen LogP contribution in [0.4, 0.5) is 0 Å². The van der Waals surface area contributed by atoms with E-state index in [1.807, 2.05) is 0 Å². The average Bonchev–Trinajstić information content (AvgIpc) is 2.46. The zero-order valence-electron chi connectivity index (χ0n) is 12.2. The number of methoxy groups -OCH3 is 3. The summed E-state index contributed by atoms with van der Waals surface area (Å²) >= 11 is 0. The highest BCUT2D eigenvalue weighted by Crippen LogP contribution is 2.34. The van der Waals surface area contributed by atoms with Crippen molar-refractivity contribution in [3.63, 3.8) is 0 Å². The molecule has 114 valence electrons. The lowest BCUT2D eigenvalue weighted by atomic mass is 10.1. The van der Waals surface area contributed by atoms with Gasteiger partial charge in [-0.1, -0.05) is 0 Å². The van der Waals surface area contributed by atoms with Crippen molar-refractivity contribution < 1.29 is 22.6 Å². The molecule has 0 spiro atoms. The highest BCUT2D eigenvalue weighted by atomic mass is 32.2. The summed E-state index contributed by atoms with van der Waals surface area (Å²) in [7, 11) is 1.46. The quantitative estimate of drug-likeness (QED) is 0.781. The monoisotopic (exact) mass is 303 g/mol. The fraction of sp³-hybridized carbons (Fsp3) is 0.538. The minimum atomic E-state index is -3.20. The lowest BCUT2D eigenvalue weighted by Crippen LogP contribution is -2.27. The Bertz CT molecular complexity index is 517. The smallest absolute Gasteiger partial charge is 0.211 e. The first-order valence-electron chi connectivity index (χ1n) is 6.23. The highest BCUT2D eigenvalue weighted by Gasteiger charge is 2.14. The van der Waals surface area contributed by atoms with Crippen LogP contribution in [0.5, 0.6) is 17.2 Å². The predicted molar refractivity (Wildman–Crippen MR) is 77.3 cm³/mol. The normalized spacial score (nSPS) is 11.2. The standard InChI is InChI=1S/C13H21NO5S/c1-5-20(15,16)14-7-6-11-12(18-3)8-10(17-2)9-13(11)19-4/h8-9,14H,5-7H2,1-4H3. The van der Waals surface area contributed by atoms with Gasteiger partial charge in [0.25, 0.3) is 0 Å². The summed E-state index contributed by atoms with van der Waals surface area (Å²) < 4.78 is 41.1. The molecule has 0 bridgehead atoms. The van der Waals surface area contributed by atoms with E-state index >= 15 is 0 Å². The van der Waals surface area contributed by atoms with Crippen LogP contribution in [0.3, 0.4) is 0 Å². The van der Waals surface area contributed by atoms with Crippen LogP contribution in [0.25, 0.3) is 0 Å². The van der Waals surface area contributed by atoms with Crippen LogP contribution in [0.2, 0.25) is 0 Å². The SMILES string of the molecule is CCS(=O)(=O)NCCc1c(OC)cc(OC)cc1OC. The minimum absolute atomic E-state index is 0.0594. The molecule has 0 amide bonds. The number of benzene rings is 1. The van der Waals surface area contributed by atoms with Gasteiger partial charge in [-0.25, -0.2) is 13.1 Å². The third-order valence-corrected chi connectivity index (χ3v) is 4.30. The first-order valence-corrected chi connectivity index (χ1v) is 7.88. The van der Waals surface area contributed by atoms with Gasteiger partial charge in [-0.3, -0.25) is 0 Å². The first kappa shape index (κ1) is 16.6. The van der Waals surface area contributed by atoms with Crippen LogP contribution in [0.15, 0.2) is 12.1 Å². The molecule has 6 nitrogen and oxygen atoms in total. The molecular formula is C13H21NO5S. The fourth-order valence-corrected chi connectivity index (χ4v) is 2.38.